The molecule has 0 atom stereocenters. The number of carboxylic acids is 2. The van der Waals surface area contributed by atoms with Crippen LogP contribution >= 0.6 is 0 Å². The molecule has 0 rings (SSSR count). The summed E-state index contributed by atoms with van der Waals surface area (Å²) >= 11 is 0. The van der Waals surface area contributed by atoms with E-state index >= 15 is 0 Å². The molecule has 0 bridgehead atoms. The maximum absolute atomic E-state index is 12.1. The van der Waals surface area contributed by atoms with Crippen LogP contribution in [0.4, 0.5) is 0 Å². The number of nitrogens with one attached hydrogen (secondary N) is 1. The Balaban J connectivity index is 4.14. The zero-order valence-corrected chi connectivity index (χ0v) is 16.2. The second-order valence-corrected chi connectivity index (χ2v) is 6.84. The molecule has 0 fully saturated rings. The van der Waals surface area contributed by atoms with E-state index in [-0.39, 0.29) is 18.7 Å². The van der Waals surface area contributed by atoms with E-state index in [2.05, 4.69) is 5.43 Å². The van der Waals surface area contributed by atoms with Crippen LogP contribution in [0.2, 0.25) is 0 Å². The summed E-state index contributed by atoms with van der Waals surface area (Å²) < 4.78 is 0. The molecule has 0 aliphatic rings. The third kappa shape index (κ3) is 17.2. The molecular formula is C18H35N3O5. The van der Waals surface area contributed by atoms with Crippen LogP contribution in [-0.4, -0.2) is 71.7 Å². The molecular weight excluding hydrogens is 338 g/mol. The van der Waals surface area contributed by atoms with Crippen molar-refractivity contribution < 1.29 is 24.6 Å². The molecule has 0 aliphatic heterocycles. The standard InChI is InChI=1S/C18H35N3O5/c1-20(2)13-9-10-16(22)19-21(14-7-3-5-11-17(23)24)15-8-4-6-12-18(25)26/h3-15H2,1-2H3,(H,19,22)(H,23,24)(H,25,26). The number of hydrogen-bond donors (Lipinski definition) is 3. The Kier molecular flexibility index (Phi) is 14.6. The summed E-state index contributed by atoms with van der Waals surface area (Å²) in [7, 11) is 3.94. The highest BCUT2D eigenvalue weighted by molar-refractivity contribution is 5.75. The van der Waals surface area contributed by atoms with Gasteiger partial charge >= 0.3 is 11.9 Å². The van der Waals surface area contributed by atoms with Gasteiger partial charge in [0.1, 0.15) is 0 Å². The fraction of sp³-hybridized carbons (Fsp3) is 0.833. The van der Waals surface area contributed by atoms with Gasteiger partial charge in [-0.15, -0.1) is 0 Å². The van der Waals surface area contributed by atoms with Gasteiger partial charge in [-0.2, -0.15) is 0 Å². The molecule has 8 heteroatoms. The molecule has 0 radical (unpaired) electrons. The predicted molar refractivity (Wildman–Crippen MR) is 99.7 cm³/mol. The first-order chi connectivity index (χ1) is 12.3. The van der Waals surface area contributed by atoms with Gasteiger partial charge in [0, 0.05) is 32.4 Å². The average Bonchev–Trinajstić information content (AvgIpc) is 2.52. The van der Waals surface area contributed by atoms with Crippen molar-refractivity contribution in [3.05, 3.63) is 0 Å². The molecule has 0 aliphatic carbocycles. The third-order valence-electron chi connectivity index (χ3n) is 3.93. The van der Waals surface area contributed by atoms with Crippen LogP contribution in [0.3, 0.4) is 0 Å². The fourth-order valence-corrected chi connectivity index (χ4v) is 2.52. The molecule has 0 spiro atoms. The van der Waals surface area contributed by atoms with Crippen LogP contribution in [0, 0.1) is 0 Å². The molecule has 3 N–H and O–H groups in total. The molecule has 26 heavy (non-hydrogen) atoms. The van der Waals surface area contributed by atoms with E-state index < -0.39 is 11.9 Å². The molecule has 0 aromatic heterocycles. The highest BCUT2D eigenvalue weighted by Crippen LogP contribution is 2.05. The Hall–Kier alpha value is -1.67. The van der Waals surface area contributed by atoms with E-state index in [1.54, 1.807) is 0 Å². The van der Waals surface area contributed by atoms with Crippen molar-refractivity contribution in [1.29, 1.82) is 0 Å². The largest absolute Gasteiger partial charge is 0.481 e. The summed E-state index contributed by atoms with van der Waals surface area (Å²) in [5.74, 6) is -1.58. The van der Waals surface area contributed by atoms with Crippen molar-refractivity contribution in [3.8, 4) is 0 Å². The molecule has 0 saturated heterocycles. The van der Waals surface area contributed by atoms with Crippen molar-refractivity contribution >= 4 is 17.8 Å². The van der Waals surface area contributed by atoms with E-state index in [4.69, 9.17) is 10.2 Å². The van der Waals surface area contributed by atoms with Crippen molar-refractivity contribution in [1.82, 2.24) is 15.3 Å². The molecule has 8 nitrogen and oxygen atoms in total. The van der Waals surface area contributed by atoms with Gasteiger partial charge in [0.15, 0.2) is 0 Å². The van der Waals surface area contributed by atoms with Crippen LogP contribution in [0.15, 0.2) is 0 Å². The SMILES string of the molecule is CN(C)CCCC(=O)NN(CCCCCC(=O)O)CCCCCC(=O)O. The van der Waals surface area contributed by atoms with Gasteiger partial charge in [-0.05, 0) is 52.7 Å². The molecule has 0 aromatic rings. The normalized spacial score (nSPS) is 11.1. The van der Waals surface area contributed by atoms with E-state index in [9.17, 15) is 14.4 Å². The second kappa shape index (κ2) is 15.6. The Morgan fingerprint density at radius 1 is 0.692 bits per heavy atom. The highest BCUT2D eigenvalue weighted by Gasteiger charge is 2.10. The van der Waals surface area contributed by atoms with E-state index in [0.29, 0.717) is 32.4 Å². The lowest BCUT2D eigenvalue weighted by Gasteiger charge is -2.23. The van der Waals surface area contributed by atoms with Crippen LogP contribution < -0.4 is 5.43 Å². The van der Waals surface area contributed by atoms with Gasteiger partial charge in [-0.3, -0.25) is 19.8 Å². The summed E-state index contributed by atoms with van der Waals surface area (Å²) in [5.41, 5.74) is 2.93. The highest BCUT2D eigenvalue weighted by atomic mass is 16.4. The first-order valence-corrected chi connectivity index (χ1v) is 9.44. The van der Waals surface area contributed by atoms with Crippen LogP contribution in [0.25, 0.3) is 0 Å². The van der Waals surface area contributed by atoms with Crippen LogP contribution in [-0.2, 0) is 14.4 Å². The number of nitrogens with zero attached hydrogens (tertiary/aromatic N) is 2. The summed E-state index contributed by atoms with van der Waals surface area (Å²) in [6.45, 7) is 2.22. The Bertz CT molecular complexity index is 392. The smallest absolute Gasteiger partial charge is 0.303 e. The maximum atomic E-state index is 12.1. The van der Waals surface area contributed by atoms with Crippen LogP contribution in [0.5, 0.6) is 0 Å². The number of rotatable bonds is 17. The molecule has 152 valence electrons. The number of unbranched alkanes of at least 4 members (excludes halogenated alkanes) is 4. The minimum atomic E-state index is -0.783. The Labute approximate surface area is 156 Å². The number of carboxylic acid groups (broad SMARTS) is 2. The molecule has 0 saturated carbocycles. The number of aliphatic carboxylic acids is 2. The lowest BCUT2D eigenvalue weighted by Crippen LogP contribution is -2.43. The summed E-state index contributed by atoms with van der Waals surface area (Å²) in [6.07, 6.45) is 6.13. The van der Waals surface area contributed by atoms with Gasteiger partial charge < -0.3 is 15.1 Å². The fourth-order valence-electron chi connectivity index (χ4n) is 2.52. The van der Waals surface area contributed by atoms with Gasteiger partial charge in [0.25, 0.3) is 0 Å². The molecule has 1 amide bonds. The van der Waals surface area contributed by atoms with E-state index in [1.807, 2.05) is 24.0 Å². The van der Waals surface area contributed by atoms with E-state index in [0.717, 1.165) is 38.6 Å². The lowest BCUT2D eigenvalue weighted by atomic mass is 10.1. The van der Waals surface area contributed by atoms with Gasteiger partial charge in [0.05, 0.1) is 0 Å². The van der Waals surface area contributed by atoms with Crippen molar-refractivity contribution in [2.24, 2.45) is 0 Å². The average molecular weight is 373 g/mol. The number of amides is 1. The maximum Gasteiger partial charge on any atom is 0.303 e. The number of hydrazine groups is 1. The minimum absolute atomic E-state index is 0.0112. The van der Waals surface area contributed by atoms with Crippen molar-refractivity contribution in [2.75, 3.05) is 33.7 Å². The zero-order valence-electron chi connectivity index (χ0n) is 16.2. The minimum Gasteiger partial charge on any atom is -0.481 e. The molecule has 0 unspecified atom stereocenters. The summed E-state index contributed by atoms with van der Waals surface area (Å²) in [6, 6.07) is 0. The quantitative estimate of drug-likeness (QED) is 0.264. The third-order valence-corrected chi connectivity index (χ3v) is 3.93. The monoisotopic (exact) mass is 373 g/mol. The number of hydrogen-bond acceptors (Lipinski definition) is 5. The van der Waals surface area contributed by atoms with Gasteiger partial charge in [0.2, 0.25) is 5.91 Å². The van der Waals surface area contributed by atoms with Gasteiger partial charge in [-0.25, -0.2) is 5.01 Å². The van der Waals surface area contributed by atoms with Gasteiger partial charge in [-0.1, -0.05) is 12.8 Å². The van der Waals surface area contributed by atoms with Crippen molar-refractivity contribution in [3.63, 3.8) is 0 Å². The number of carbonyl (C=O) groups is 3. The second-order valence-electron chi connectivity index (χ2n) is 6.84. The van der Waals surface area contributed by atoms with E-state index in [1.165, 1.54) is 0 Å². The summed E-state index contributed by atoms with van der Waals surface area (Å²) in [5, 5.41) is 19.2. The summed E-state index contributed by atoms with van der Waals surface area (Å²) in [4.78, 5) is 35.2. The molecule has 0 heterocycles. The Morgan fingerprint density at radius 2 is 1.19 bits per heavy atom. The number of carbonyl (C=O) groups excluding carboxylic acids is 1. The zero-order chi connectivity index (χ0) is 19.8. The lowest BCUT2D eigenvalue weighted by molar-refractivity contribution is -0.138. The first-order valence-electron chi connectivity index (χ1n) is 9.44. The van der Waals surface area contributed by atoms with Crippen molar-refractivity contribution in [2.45, 2.75) is 64.2 Å². The van der Waals surface area contributed by atoms with Crippen LogP contribution in [0.1, 0.15) is 64.2 Å². The molecule has 0 aromatic carbocycles. The topological polar surface area (TPSA) is 110 Å². The first kappa shape index (κ1) is 24.3. The Morgan fingerprint density at radius 3 is 1.62 bits per heavy atom. The predicted octanol–water partition coefficient (Wildman–Crippen LogP) is 1.95.